The molecule has 1 fully saturated rings. The van der Waals surface area contributed by atoms with Gasteiger partial charge in [-0.05, 0) is 42.0 Å². The van der Waals surface area contributed by atoms with Crippen molar-refractivity contribution >= 4 is 11.7 Å². The molecule has 0 saturated carbocycles. The highest BCUT2D eigenvalue weighted by Gasteiger charge is 2.23. The monoisotopic (exact) mass is 457 g/mol. The lowest BCUT2D eigenvalue weighted by atomic mass is 10.1. The molecule has 0 atom stereocenters. The van der Waals surface area contributed by atoms with Crippen LogP contribution in [0.5, 0.6) is 0 Å². The number of carbonyl (C=O) groups is 1. The van der Waals surface area contributed by atoms with Crippen LogP contribution in [0.4, 0.5) is 10.2 Å². The number of nitrogens with zero attached hydrogens (tertiary/aromatic N) is 7. The summed E-state index contributed by atoms with van der Waals surface area (Å²) in [5, 5.41) is 4.68. The molecule has 4 aromatic rings. The molecule has 0 spiro atoms. The Morgan fingerprint density at radius 3 is 2.44 bits per heavy atom. The molecular formula is C25H24FN7O. The van der Waals surface area contributed by atoms with Crippen molar-refractivity contribution in [2.24, 2.45) is 0 Å². The van der Waals surface area contributed by atoms with Gasteiger partial charge in [-0.3, -0.25) is 9.48 Å². The minimum atomic E-state index is -0.279. The smallest absolute Gasteiger partial charge is 0.244 e. The number of rotatable bonds is 6. The maximum absolute atomic E-state index is 13.4. The molecule has 8 nitrogen and oxygen atoms in total. The summed E-state index contributed by atoms with van der Waals surface area (Å²) in [6, 6.07) is 15.9. The zero-order chi connectivity index (χ0) is 23.3. The molecule has 34 heavy (non-hydrogen) atoms. The van der Waals surface area contributed by atoms with Gasteiger partial charge in [0.15, 0.2) is 0 Å². The van der Waals surface area contributed by atoms with Crippen LogP contribution in [0.2, 0.25) is 0 Å². The standard InChI is InChI=1S/C25H24FN7O/c26-20-6-4-19(5-7-20)15-21-16-23(22-8-10-27-18-29-22)30-33(21)17-25(34)32-13-11-31(12-14-32)24-3-1-2-9-28-24/h1-10,16,18H,11-15,17H2. The molecule has 0 radical (unpaired) electrons. The van der Waals surface area contributed by atoms with Gasteiger partial charge in [0.05, 0.1) is 5.69 Å². The van der Waals surface area contributed by atoms with E-state index in [1.165, 1.54) is 18.5 Å². The van der Waals surface area contributed by atoms with Gasteiger partial charge in [-0.25, -0.2) is 19.3 Å². The van der Waals surface area contributed by atoms with Crippen LogP contribution in [0.15, 0.2) is 73.3 Å². The second-order valence-electron chi connectivity index (χ2n) is 8.13. The topological polar surface area (TPSA) is 80.0 Å². The van der Waals surface area contributed by atoms with E-state index >= 15 is 0 Å². The first-order valence-corrected chi connectivity index (χ1v) is 11.2. The second-order valence-corrected chi connectivity index (χ2v) is 8.13. The largest absolute Gasteiger partial charge is 0.353 e. The Balaban J connectivity index is 1.32. The number of piperazine rings is 1. The van der Waals surface area contributed by atoms with Crippen molar-refractivity contribution in [1.29, 1.82) is 0 Å². The summed E-state index contributed by atoms with van der Waals surface area (Å²) in [6.07, 6.45) is 5.44. The number of pyridine rings is 1. The zero-order valence-electron chi connectivity index (χ0n) is 18.6. The minimum Gasteiger partial charge on any atom is -0.353 e. The Kier molecular flexibility index (Phi) is 6.24. The van der Waals surface area contributed by atoms with E-state index in [1.54, 1.807) is 35.3 Å². The lowest BCUT2D eigenvalue weighted by Crippen LogP contribution is -2.50. The molecule has 0 aliphatic carbocycles. The van der Waals surface area contributed by atoms with E-state index in [-0.39, 0.29) is 18.3 Å². The Bertz CT molecular complexity index is 1240. The normalized spacial score (nSPS) is 13.8. The van der Waals surface area contributed by atoms with E-state index in [1.807, 2.05) is 29.2 Å². The van der Waals surface area contributed by atoms with E-state index in [0.717, 1.165) is 30.2 Å². The summed E-state index contributed by atoms with van der Waals surface area (Å²) in [6.45, 7) is 2.85. The maximum atomic E-state index is 13.4. The summed E-state index contributed by atoms with van der Waals surface area (Å²) >= 11 is 0. The molecule has 0 N–H and O–H groups in total. The van der Waals surface area contributed by atoms with Crippen molar-refractivity contribution in [2.75, 3.05) is 31.1 Å². The maximum Gasteiger partial charge on any atom is 0.244 e. The van der Waals surface area contributed by atoms with E-state index in [2.05, 4.69) is 25.0 Å². The molecule has 172 valence electrons. The Morgan fingerprint density at radius 2 is 1.74 bits per heavy atom. The van der Waals surface area contributed by atoms with Crippen molar-refractivity contribution in [1.82, 2.24) is 29.6 Å². The summed E-state index contributed by atoms with van der Waals surface area (Å²) in [5.41, 5.74) is 3.16. The zero-order valence-corrected chi connectivity index (χ0v) is 18.6. The van der Waals surface area contributed by atoms with Crippen molar-refractivity contribution in [2.45, 2.75) is 13.0 Å². The molecule has 3 aromatic heterocycles. The van der Waals surface area contributed by atoms with Crippen LogP contribution in [0.25, 0.3) is 11.4 Å². The molecule has 1 amide bonds. The van der Waals surface area contributed by atoms with Crippen molar-refractivity contribution in [3.05, 3.63) is 90.4 Å². The predicted octanol–water partition coefficient (Wildman–Crippen LogP) is 2.81. The third-order valence-corrected chi connectivity index (χ3v) is 5.90. The van der Waals surface area contributed by atoms with Gasteiger partial charge >= 0.3 is 0 Å². The third-order valence-electron chi connectivity index (χ3n) is 5.90. The Hall–Kier alpha value is -4.14. The average molecular weight is 458 g/mol. The molecule has 1 aromatic carbocycles. The van der Waals surface area contributed by atoms with Crippen molar-refractivity contribution in [3.63, 3.8) is 0 Å². The van der Waals surface area contributed by atoms with Gasteiger partial charge in [0.25, 0.3) is 0 Å². The fourth-order valence-corrected chi connectivity index (χ4v) is 4.07. The van der Waals surface area contributed by atoms with Gasteiger partial charge in [0.2, 0.25) is 5.91 Å². The number of anilines is 1. The first-order chi connectivity index (χ1) is 16.7. The van der Waals surface area contributed by atoms with Crippen LogP contribution in [0, 0.1) is 5.82 Å². The first-order valence-electron chi connectivity index (χ1n) is 11.2. The van der Waals surface area contributed by atoms with Crippen LogP contribution in [0.3, 0.4) is 0 Å². The predicted molar refractivity (Wildman–Crippen MR) is 125 cm³/mol. The number of amides is 1. The number of carbonyl (C=O) groups excluding carboxylic acids is 1. The first kappa shape index (κ1) is 21.7. The van der Waals surface area contributed by atoms with Crippen molar-refractivity contribution < 1.29 is 9.18 Å². The number of aromatic nitrogens is 5. The van der Waals surface area contributed by atoms with Crippen LogP contribution in [-0.4, -0.2) is 61.7 Å². The molecule has 0 unspecified atom stereocenters. The number of benzene rings is 1. The molecule has 5 rings (SSSR count). The van der Waals surface area contributed by atoms with Crippen LogP contribution >= 0.6 is 0 Å². The summed E-state index contributed by atoms with van der Waals surface area (Å²) in [5.74, 6) is 0.662. The fourth-order valence-electron chi connectivity index (χ4n) is 4.07. The number of hydrogen-bond donors (Lipinski definition) is 0. The number of halogens is 1. The number of hydrogen-bond acceptors (Lipinski definition) is 6. The van der Waals surface area contributed by atoms with Crippen LogP contribution in [0.1, 0.15) is 11.3 Å². The Labute approximate surface area is 196 Å². The minimum absolute atomic E-state index is 0.0124. The summed E-state index contributed by atoms with van der Waals surface area (Å²) < 4.78 is 15.1. The SMILES string of the molecule is O=C(Cn1nc(-c2ccncn2)cc1Cc1ccc(F)cc1)N1CCN(c2ccccn2)CC1. The average Bonchev–Trinajstić information content (AvgIpc) is 3.28. The summed E-state index contributed by atoms with van der Waals surface area (Å²) in [7, 11) is 0. The molecular weight excluding hydrogens is 433 g/mol. The molecule has 1 saturated heterocycles. The van der Waals surface area contributed by atoms with Gasteiger partial charge in [0, 0.05) is 50.7 Å². The van der Waals surface area contributed by atoms with Gasteiger partial charge in [-0.2, -0.15) is 5.10 Å². The van der Waals surface area contributed by atoms with E-state index in [4.69, 9.17) is 0 Å². The van der Waals surface area contributed by atoms with Gasteiger partial charge in [0.1, 0.15) is 30.2 Å². The third kappa shape index (κ3) is 4.93. The molecule has 0 bridgehead atoms. The lowest BCUT2D eigenvalue weighted by Gasteiger charge is -2.35. The van der Waals surface area contributed by atoms with Crippen molar-refractivity contribution in [3.8, 4) is 11.4 Å². The van der Waals surface area contributed by atoms with Crippen LogP contribution < -0.4 is 4.90 Å². The van der Waals surface area contributed by atoms with Crippen LogP contribution in [-0.2, 0) is 17.8 Å². The lowest BCUT2D eigenvalue weighted by molar-refractivity contribution is -0.132. The van der Waals surface area contributed by atoms with Gasteiger partial charge in [-0.1, -0.05) is 18.2 Å². The molecule has 4 heterocycles. The second kappa shape index (κ2) is 9.78. The molecule has 9 heteroatoms. The summed E-state index contributed by atoms with van der Waals surface area (Å²) in [4.78, 5) is 29.9. The van der Waals surface area contributed by atoms with E-state index < -0.39 is 0 Å². The van der Waals surface area contributed by atoms with Gasteiger partial charge < -0.3 is 9.80 Å². The molecule has 1 aliphatic rings. The fraction of sp³-hybridized carbons (Fsp3) is 0.240. The highest BCUT2D eigenvalue weighted by Crippen LogP contribution is 2.20. The van der Waals surface area contributed by atoms with Gasteiger partial charge in [-0.15, -0.1) is 0 Å². The highest BCUT2D eigenvalue weighted by atomic mass is 19.1. The quantitative estimate of drug-likeness (QED) is 0.443. The van der Waals surface area contributed by atoms with E-state index in [9.17, 15) is 9.18 Å². The Morgan fingerprint density at radius 1 is 0.912 bits per heavy atom. The molecule has 1 aliphatic heterocycles. The highest BCUT2D eigenvalue weighted by molar-refractivity contribution is 5.76. The van der Waals surface area contributed by atoms with E-state index in [0.29, 0.717) is 30.9 Å².